The minimum atomic E-state index is -0.0612. The molecule has 0 unspecified atom stereocenters. The van der Waals surface area contributed by atoms with Crippen LogP contribution in [-0.4, -0.2) is 68.6 Å². The number of benzene rings is 2. The molecule has 3 rings (SSSR count). The van der Waals surface area contributed by atoms with E-state index in [1.807, 2.05) is 36.1 Å². The summed E-state index contributed by atoms with van der Waals surface area (Å²) in [5.41, 5.74) is 1.66. The first-order valence-corrected chi connectivity index (χ1v) is 10.6. The first kappa shape index (κ1) is 22.5. The number of rotatable bonds is 8. The lowest BCUT2D eigenvalue weighted by Gasteiger charge is -2.35. The fraction of sp³-hybridized carbons (Fsp3) is 0.417. The van der Waals surface area contributed by atoms with Gasteiger partial charge in [0.05, 0.1) is 20.8 Å². The highest BCUT2D eigenvalue weighted by Crippen LogP contribution is 2.28. The highest BCUT2D eigenvalue weighted by Gasteiger charge is 2.25. The Morgan fingerprint density at radius 3 is 2.16 bits per heavy atom. The van der Waals surface area contributed by atoms with Crippen molar-refractivity contribution in [3.8, 4) is 17.2 Å². The minimum absolute atomic E-state index is 0.0612. The molecule has 2 aromatic carbocycles. The van der Waals surface area contributed by atoms with E-state index in [9.17, 15) is 9.59 Å². The molecule has 0 N–H and O–H groups in total. The molecule has 0 aromatic heterocycles. The van der Waals surface area contributed by atoms with E-state index in [0.717, 1.165) is 11.3 Å². The Bertz CT molecular complexity index is 889. The summed E-state index contributed by atoms with van der Waals surface area (Å²) in [6, 6.07) is 13.0. The third kappa shape index (κ3) is 5.69. The molecular weight excluding hydrogens is 396 g/mol. The summed E-state index contributed by atoms with van der Waals surface area (Å²) in [4.78, 5) is 29.1. The molecule has 2 amide bonds. The molecule has 2 aromatic rings. The molecule has 7 heteroatoms. The van der Waals surface area contributed by atoms with Crippen LogP contribution in [0.3, 0.4) is 0 Å². The van der Waals surface area contributed by atoms with Crippen molar-refractivity contribution in [1.29, 1.82) is 0 Å². The van der Waals surface area contributed by atoms with E-state index in [4.69, 9.17) is 14.2 Å². The van der Waals surface area contributed by atoms with Crippen LogP contribution in [0.5, 0.6) is 17.2 Å². The maximum atomic E-state index is 12.9. The first-order valence-electron chi connectivity index (χ1n) is 10.6. The van der Waals surface area contributed by atoms with Crippen molar-refractivity contribution in [3.63, 3.8) is 0 Å². The van der Waals surface area contributed by atoms with Crippen LogP contribution in [0.15, 0.2) is 42.5 Å². The van der Waals surface area contributed by atoms with E-state index >= 15 is 0 Å². The van der Waals surface area contributed by atoms with E-state index in [1.54, 1.807) is 37.3 Å². The van der Waals surface area contributed by atoms with E-state index in [2.05, 4.69) is 0 Å². The number of amides is 2. The highest BCUT2D eigenvalue weighted by atomic mass is 16.5. The highest BCUT2D eigenvalue weighted by molar-refractivity contribution is 5.95. The molecular formula is C24H30N2O5. The van der Waals surface area contributed by atoms with Gasteiger partial charge in [0, 0.05) is 38.2 Å². The van der Waals surface area contributed by atoms with E-state index in [1.165, 1.54) is 0 Å². The SMILES string of the molecule is CCOc1cc(C(=O)N2CCN(C(=O)CCc3ccc(OC)cc3)CC2)ccc1OC. The molecule has 1 aliphatic heterocycles. The van der Waals surface area contributed by atoms with Crippen molar-refractivity contribution in [3.05, 3.63) is 53.6 Å². The molecule has 0 atom stereocenters. The van der Waals surface area contributed by atoms with Gasteiger partial charge in [0.1, 0.15) is 5.75 Å². The van der Waals surface area contributed by atoms with Crippen LogP contribution < -0.4 is 14.2 Å². The molecule has 0 aliphatic carbocycles. The standard InChI is InChI=1S/C24H30N2O5/c1-4-31-22-17-19(8-11-21(22)30-3)24(28)26-15-13-25(14-16-26)23(27)12-7-18-5-9-20(29-2)10-6-18/h5-6,8-11,17H,4,7,12-16H2,1-3H3. The fourth-order valence-corrected chi connectivity index (χ4v) is 3.62. The Kier molecular flexibility index (Phi) is 7.76. The zero-order chi connectivity index (χ0) is 22.2. The molecule has 0 spiro atoms. The summed E-state index contributed by atoms with van der Waals surface area (Å²) < 4.78 is 16.0. The van der Waals surface area contributed by atoms with Crippen LogP contribution >= 0.6 is 0 Å². The largest absolute Gasteiger partial charge is 0.497 e. The fourth-order valence-electron chi connectivity index (χ4n) is 3.62. The summed E-state index contributed by atoms with van der Waals surface area (Å²) in [5.74, 6) is 2.02. The number of aryl methyl sites for hydroxylation is 1. The number of methoxy groups -OCH3 is 2. The molecule has 1 aliphatic rings. The lowest BCUT2D eigenvalue weighted by molar-refractivity contribution is -0.132. The molecule has 1 fully saturated rings. The summed E-state index contributed by atoms with van der Waals surface area (Å²) in [5, 5.41) is 0. The summed E-state index contributed by atoms with van der Waals surface area (Å²) in [7, 11) is 3.21. The van der Waals surface area contributed by atoms with Gasteiger partial charge in [0.15, 0.2) is 11.5 Å². The zero-order valence-corrected chi connectivity index (χ0v) is 18.4. The number of hydrogen-bond donors (Lipinski definition) is 0. The van der Waals surface area contributed by atoms with Crippen LogP contribution in [0.25, 0.3) is 0 Å². The van der Waals surface area contributed by atoms with Crippen molar-refractivity contribution in [2.45, 2.75) is 19.8 Å². The number of piperazine rings is 1. The second kappa shape index (κ2) is 10.7. The van der Waals surface area contributed by atoms with E-state index in [-0.39, 0.29) is 11.8 Å². The molecule has 166 valence electrons. The van der Waals surface area contributed by atoms with Gasteiger partial charge in [-0.15, -0.1) is 0 Å². The Morgan fingerprint density at radius 1 is 0.871 bits per heavy atom. The van der Waals surface area contributed by atoms with Crippen molar-refractivity contribution in [2.75, 3.05) is 47.0 Å². The Balaban J connectivity index is 1.51. The lowest BCUT2D eigenvalue weighted by Crippen LogP contribution is -2.50. The van der Waals surface area contributed by atoms with Crippen molar-refractivity contribution >= 4 is 11.8 Å². The van der Waals surface area contributed by atoms with Gasteiger partial charge >= 0.3 is 0 Å². The molecule has 0 bridgehead atoms. The van der Waals surface area contributed by atoms with Gasteiger partial charge in [-0.25, -0.2) is 0 Å². The van der Waals surface area contributed by atoms with Gasteiger partial charge in [-0.2, -0.15) is 0 Å². The second-order valence-corrected chi connectivity index (χ2v) is 7.32. The van der Waals surface area contributed by atoms with Crippen molar-refractivity contribution < 1.29 is 23.8 Å². The topological polar surface area (TPSA) is 68.3 Å². The third-order valence-corrected chi connectivity index (χ3v) is 5.42. The Morgan fingerprint density at radius 2 is 1.55 bits per heavy atom. The molecule has 31 heavy (non-hydrogen) atoms. The molecule has 7 nitrogen and oxygen atoms in total. The zero-order valence-electron chi connectivity index (χ0n) is 18.4. The van der Waals surface area contributed by atoms with Gasteiger partial charge in [0.25, 0.3) is 5.91 Å². The normalized spacial score (nSPS) is 13.6. The van der Waals surface area contributed by atoms with Crippen LogP contribution in [0.2, 0.25) is 0 Å². The summed E-state index contributed by atoms with van der Waals surface area (Å²) in [6.45, 7) is 4.50. The lowest BCUT2D eigenvalue weighted by atomic mass is 10.1. The number of ether oxygens (including phenoxy) is 3. The van der Waals surface area contributed by atoms with Crippen LogP contribution in [0.4, 0.5) is 0 Å². The van der Waals surface area contributed by atoms with Crippen LogP contribution in [-0.2, 0) is 11.2 Å². The van der Waals surface area contributed by atoms with E-state index in [0.29, 0.717) is 62.7 Å². The van der Waals surface area contributed by atoms with Gasteiger partial charge in [-0.3, -0.25) is 9.59 Å². The van der Waals surface area contributed by atoms with Gasteiger partial charge in [0.2, 0.25) is 5.91 Å². The van der Waals surface area contributed by atoms with E-state index < -0.39 is 0 Å². The van der Waals surface area contributed by atoms with Gasteiger partial charge in [-0.1, -0.05) is 12.1 Å². The Labute approximate surface area is 183 Å². The number of nitrogens with zero attached hydrogens (tertiary/aromatic N) is 2. The number of carbonyl (C=O) groups is 2. The maximum absolute atomic E-state index is 12.9. The monoisotopic (exact) mass is 426 g/mol. The summed E-state index contributed by atoms with van der Waals surface area (Å²) in [6.07, 6.45) is 1.14. The van der Waals surface area contributed by atoms with Gasteiger partial charge < -0.3 is 24.0 Å². The van der Waals surface area contributed by atoms with Crippen molar-refractivity contribution in [1.82, 2.24) is 9.80 Å². The predicted octanol–water partition coefficient (Wildman–Crippen LogP) is 3.02. The molecule has 0 saturated carbocycles. The predicted molar refractivity (Wildman–Crippen MR) is 118 cm³/mol. The average Bonchev–Trinajstić information content (AvgIpc) is 2.82. The number of carbonyl (C=O) groups excluding carboxylic acids is 2. The smallest absolute Gasteiger partial charge is 0.254 e. The maximum Gasteiger partial charge on any atom is 0.254 e. The minimum Gasteiger partial charge on any atom is -0.497 e. The number of hydrogen-bond acceptors (Lipinski definition) is 5. The molecule has 0 radical (unpaired) electrons. The molecule has 1 saturated heterocycles. The average molecular weight is 427 g/mol. The summed E-state index contributed by atoms with van der Waals surface area (Å²) >= 11 is 0. The first-order chi connectivity index (χ1) is 15.0. The third-order valence-electron chi connectivity index (χ3n) is 5.42. The Hall–Kier alpha value is -3.22. The quantitative estimate of drug-likeness (QED) is 0.649. The van der Waals surface area contributed by atoms with Crippen LogP contribution in [0, 0.1) is 0 Å². The molecule has 1 heterocycles. The van der Waals surface area contributed by atoms with Crippen molar-refractivity contribution in [2.24, 2.45) is 0 Å². The van der Waals surface area contributed by atoms with Crippen LogP contribution in [0.1, 0.15) is 29.3 Å². The second-order valence-electron chi connectivity index (χ2n) is 7.32. The van der Waals surface area contributed by atoms with Gasteiger partial charge in [-0.05, 0) is 49.2 Å².